The van der Waals surface area contributed by atoms with Gasteiger partial charge in [0.2, 0.25) is 5.91 Å². The summed E-state index contributed by atoms with van der Waals surface area (Å²) in [7, 11) is -3.52. The number of hydrogen-bond donors (Lipinski definition) is 1. The highest BCUT2D eigenvalue weighted by Gasteiger charge is 2.35. The molecule has 0 atom stereocenters. The van der Waals surface area contributed by atoms with Crippen LogP contribution in [0.2, 0.25) is 0 Å². The van der Waals surface area contributed by atoms with Crippen LogP contribution in [0.3, 0.4) is 0 Å². The molecule has 0 bridgehead atoms. The van der Waals surface area contributed by atoms with Gasteiger partial charge in [0.25, 0.3) is 10.2 Å². The fourth-order valence-corrected chi connectivity index (χ4v) is 5.46. The van der Waals surface area contributed by atoms with Crippen LogP contribution >= 0.6 is 0 Å². The van der Waals surface area contributed by atoms with Gasteiger partial charge in [0.15, 0.2) is 0 Å². The van der Waals surface area contributed by atoms with Crippen molar-refractivity contribution in [2.24, 2.45) is 0 Å². The fraction of sp³-hybridized carbons (Fsp3) is 0.632. The number of carbonyl (C=O) groups excluding carboxylic acids is 1. The van der Waals surface area contributed by atoms with E-state index in [0.29, 0.717) is 26.2 Å². The van der Waals surface area contributed by atoms with Crippen molar-refractivity contribution in [3.63, 3.8) is 0 Å². The van der Waals surface area contributed by atoms with Gasteiger partial charge in [-0.15, -0.1) is 0 Å². The highest BCUT2D eigenvalue weighted by Crippen LogP contribution is 2.34. The summed E-state index contributed by atoms with van der Waals surface area (Å²) >= 11 is 0. The lowest BCUT2D eigenvalue weighted by atomic mass is 10.1. The molecule has 2 heterocycles. The predicted molar refractivity (Wildman–Crippen MR) is 107 cm³/mol. The normalized spacial score (nSPS) is 20.6. The van der Waals surface area contributed by atoms with Crippen LogP contribution in [0.15, 0.2) is 24.3 Å². The minimum Gasteiger partial charge on any atom is -0.324 e. The number of anilines is 1. The van der Waals surface area contributed by atoms with Crippen LogP contribution in [0.1, 0.15) is 31.2 Å². The van der Waals surface area contributed by atoms with E-state index in [1.54, 1.807) is 4.90 Å². The molecule has 1 aromatic carbocycles. The van der Waals surface area contributed by atoms with Gasteiger partial charge in [-0.25, -0.2) is 0 Å². The second-order valence-electron chi connectivity index (χ2n) is 7.59. The first-order valence-electron chi connectivity index (χ1n) is 10.1. The van der Waals surface area contributed by atoms with E-state index in [4.69, 9.17) is 0 Å². The van der Waals surface area contributed by atoms with E-state index < -0.39 is 27.9 Å². The second-order valence-corrected chi connectivity index (χ2v) is 9.52. The van der Waals surface area contributed by atoms with Crippen LogP contribution < -0.4 is 5.32 Å². The zero-order valence-electron chi connectivity index (χ0n) is 16.7. The topological polar surface area (TPSA) is 73.0 Å². The summed E-state index contributed by atoms with van der Waals surface area (Å²) < 4.78 is 67.8. The standard InChI is InChI=1S/C19H27F3N4O3S/c20-19(21,22)16-7-3-4-8-17(16)23-18(27)15-24-11-13-26(14-12-24)30(28,29)25-9-5-1-2-6-10-25/h3-4,7-8H,1-2,5-6,9-15H2,(H,23,27). The Morgan fingerprint density at radius 2 is 1.47 bits per heavy atom. The highest BCUT2D eigenvalue weighted by molar-refractivity contribution is 7.86. The first-order chi connectivity index (χ1) is 14.2. The summed E-state index contributed by atoms with van der Waals surface area (Å²) in [5.41, 5.74) is -1.18. The van der Waals surface area contributed by atoms with Gasteiger partial charge in [0.1, 0.15) is 0 Å². The van der Waals surface area contributed by atoms with Crippen molar-refractivity contribution >= 4 is 21.8 Å². The summed E-state index contributed by atoms with van der Waals surface area (Å²) in [4.78, 5) is 14.0. The van der Waals surface area contributed by atoms with E-state index in [2.05, 4.69) is 5.32 Å². The molecular formula is C19H27F3N4O3S. The minimum atomic E-state index is -4.56. The maximum Gasteiger partial charge on any atom is 0.418 e. The van der Waals surface area contributed by atoms with Crippen LogP contribution in [0.4, 0.5) is 18.9 Å². The van der Waals surface area contributed by atoms with E-state index in [-0.39, 0.29) is 25.3 Å². The monoisotopic (exact) mass is 448 g/mol. The van der Waals surface area contributed by atoms with E-state index in [1.807, 2.05) is 0 Å². The Morgan fingerprint density at radius 1 is 0.900 bits per heavy atom. The summed E-state index contributed by atoms with van der Waals surface area (Å²) in [6.07, 6.45) is -0.770. The molecule has 0 unspecified atom stereocenters. The van der Waals surface area contributed by atoms with Crippen LogP contribution in [-0.2, 0) is 21.2 Å². The summed E-state index contributed by atoms with van der Waals surface area (Å²) in [6.45, 7) is 2.18. The molecule has 11 heteroatoms. The molecule has 2 fully saturated rings. The third-order valence-electron chi connectivity index (χ3n) is 5.42. The van der Waals surface area contributed by atoms with Crippen LogP contribution in [0.25, 0.3) is 0 Å². The maximum absolute atomic E-state index is 13.1. The minimum absolute atomic E-state index is 0.0935. The first kappa shape index (κ1) is 23.0. The van der Waals surface area contributed by atoms with Crippen LogP contribution in [-0.4, -0.2) is 73.6 Å². The largest absolute Gasteiger partial charge is 0.418 e. The molecule has 3 rings (SSSR count). The van der Waals surface area contributed by atoms with Crippen molar-refractivity contribution in [3.8, 4) is 0 Å². The van der Waals surface area contributed by atoms with Crippen molar-refractivity contribution in [1.82, 2.24) is 13.5 Å². The molecule has 2 saturated heterocycles. The number of piperazine rings is 1. The van der Waals surface area contributed by atoms with Crippen LogP contribution in [0, 0.1) is 0 Å². The van der Waals surface area contributed by atoms with E-state index in [9.17, 15) is 26.4 Å². The smallest absolute Gasteiger partial charge is 0.324 e. The first-order valence-corrected chi connectivity index (χ1v) is 11.5. The van der Waals surface area contributed by atoms with Crippen molar-refractivity contribution in [2.45, 2.75) is 31.9 Å². The van der Waals surface area contributed by atoms with Gasteiger partial charge in [-0.2, -0.15) is 30.2 Å². The lowest BCUT2D eigenvalue weighted by molar-refractivity contribution is -0.137. The lowest BCUT2D eigenvalue weighted by Crippen LogP contribution is -2.54. The molecule has 7 nitrogen and oxygen atoms in total. The highest BCUT2D eigenvalue weighted by atomic mass is 32.2. The van der Waals surface area contributed by atoms with E-state index in [1.165, 1.54) is 26.8 Å². The molecule has 0 saturated carbocycles. The number of para-hydroxylation sites is 1. The Kier molecular flexibility index (Phi) is 7.38. The number of hydrogen-bond acceptors (Lipinski definition) is 4. The predicted octanol–water partition coefficient (Wildman–Crippen LogP) is 2.38. The average molecular weight is 449 g/mol. The number of alkyl halides is 3. The van der Waals surface area contributed by atoms with Crippen molar-refractivity contribution in [1.29, 1.82) is 0 Å². The molecule has 1 amide bonds. The third kappa shape index (κ3) is 5.71. The number of halogens is 3. The Bertz CT molecular complexity index is 832. The Hall–Kier alpha value is -1.69. The van der Waals surface area contributed by atoms with Gasteiger partial charge in [0.05, 0.1) is 17.8 Å². The van der Waals surface area contributed by atoms with Gasteiger partial charge in [-0.1, -0.05) is 25.0 Å². The molecule has 1 N–H and O–H groups in total. The molecule has 0 spiro atoms. The zero-order chi connectivity index (χ0) is 21.8. The SMILES string of the molecule is O=C(CN1CCN(S(=O)(=O)N2CCCCCC2)CC1)Nc1ccccc1C(F)(F)F. The van der Waals surface area contributed by atoms with Gasteiger partial charge in [-0.3, -0.25) is 9.69 Å². The van der Waals surface area contributed by atoms with Gasteiger partial charge < -0.3 is 5.32 Å². The van der Waals surface area contributed by atoms with Gasteiger partial charge >= 0.3 is 6.18 Å². The van der Waals surface area contributed by atoms with E-state index in [0.717, 1.165) is 31.7 Å². The van der Waals surface area contributed by atoms with Gasteiger partial charge in [-0.05, 0) is 25.0 Å². The third-order valence-corrected chi connectivity index (χ3v) is 7.46. The average Bonchev–Trinajstić information content (AvgIpc) is 2.98. The molecule has 2 aliphatic heterocycles. The molecular weight excluding hydrogens is 421 g/mol. The molecule has 0 aliphatic carbocycles. The molecule has 1 aromatic rings. The molecule has 168 valence electrons. The second kappa shape index (κ2) is 9.63. The Labute approximate surface area is 175 Å². The number of amides is 1. The molecule has 2 aliphatic rings. The van der Waals surface area contributed by atoms with Gasteiger partial charge in [0, 0.05) is 39.3 Å². The molecule has 30 heavy (non-hydrogen) atoms. The maximum atomic E-state index is 13.1. The summed E-state index contributed by atoms with van der Waals surface area (Å²) in [5, 5.41) is 2.32. The number of nitrogens with one attached hydrogen (secondary N) is 1. The fourth-order valence-electron chi connectivity index (χ4n) is 3.79. The van der Waals surface area contributed by atoms with E-state index >= 15 is 0 Å². The molecule has 0 radical (unpaired) electrons. The van der Waals surface area contributed by atoms with Crippen LogP contribution in [0.5, 0.6) is 0 Å². The van der Waals surface area contributed by atoms with Crippen molar-refractivity contribution < 1.29 is 26.4 Å². The summed E-state index contributed by atoms with van der Waals surface area (Å²) in [5.74, 6) is -0.560. The quantitative estimate of drug-likeness (QED) is 0.751. The summed E-state index contributed by atoms with van der Waals surface area (Å²) in [6, 6.07) is 4.83. The lowest BCUT2D eigenvalue weighted by Gasteiger charge is -2.36. The van der Waals surface area contributed by atoms with Crippen molar-refractivity contribution in [3.05, 3.63) is 29.8 Å². The van der Waals surface area contributed by atoms with Crippen molar-refractivity contribution in [2.75, 3.05) is 51.1 Å². The number of rotatable bonds is 5. The zero-order valence-corrected chi connectivity index (χ0v) is 17.5. The number of nitrogens with zero attached hydrogens (tertiary/aromatic N) is 3. The Balaban J connectivity index is 1.53. The molecule has 0 aromatic heterocycles. The number of benzene rings is 1. The Morgan fingerprint density at radius 3 is 2.07 bits per heavy atom. The number of carbonyl (C=O) groups is 1.